The molecule has 3 aromatic carbocycles. The summed E-state index contributed by atoms with van der Waals surface area (Å²) in [6.07, 6.45) is 9.95. The van der Waals surface area contributed by atoms with Gasteiger partial charge in [-0.05, 0) is 40.5 Å². The molecular weight excluding hydrogens is 302 g/mol. The first-order valence-electron chi connectivity index (χ1n) is 8.83. The van der Waals surface area contributed by atoms with Gasteiger partial charge in [0.2, 0.25) is 0 Å². The minimum absolute atomic E-state index is 0.412. The maximum atomic E-state index is 3.71. The van der Waals surface area contributed by atoms with Gasteiger partial charge in [0.25, 0.3) is 0 Å². The SMILES string of the molecule is C1=CCC(c2c(-c3ccccc3)[nH]c3cc4ccccc4cc23)C=C1. The van der Waals surface area contributed by atoms with E-state index in [2.05, 4.69) is 96.0 Å². The second kappa shape index (κ2) is 5.78. The molecule has 5 rings (SSSR count). The highest BCUT2D eigenvalue weighted by atomic mass is 14.7. The molecule has 0 fully saturated rings. The highest BCUT2D eigenvalue weighted by Gasteiger charge is 2.20. The van der Waals surface area contributed by atoms with Gasteiger partial charge in [-0.15, -0.1) is 0 Å². The minimum atomic E-state index is 0.412. The largest absolute Gasteiger partial charge is 0.354 e. The Kier molecular flexibility index (Phi) is 3.31. The molecule has 4 aromatic rings. The fourth-order valence-corrected chi connectivity index (χ4v) is 3.92. The maximum absolute atomic E-state index is 3.71. The molecule has 1 atom stereocenters. The molecule has 0 spiro atoms. The van der Waals surface area contributed by atoms with Crippen molar-refractivity contribution < 1.29 is 0 Å². The van der Waals surface area contributed by atoms with Crippen LogP contribution in [0.2, 0.25) is 0 Å². The zero-order valence-corrected chi connectivity index (χ0v) is 13.9. The molecule has 25 heavy (non-hydrogen) atoms. The maximum Gasteiger partial charge on any atom is 0.0503 e. The quantitative estimate of drug-likeness (QED) is 0.429. The van der Waals surface area contributed by atoms with Gasteiger partial charge in [-0.2, -0.15) is 0 Å². The number of aromatic amines is 1. The van der Waals surface area contributed by atoms with E-state index in [-0.39, 0.29) is 0 Å². The van der Waals surface area contributed by atoms with Gasteiger partial charge in [0.15, 0.2) is 0 Å². The Morgan fingerprint density at radius 3 is 2.32 bits per heavy atom. The normalized spacial score (nSPS) is 16.7. The van der Waals surface area contributed by atoms with E-state index in [0.717, 1.165) is 6.42 Å². The molecule has 0 bridgehead atoms. The molecule has 0 aliphatic heterocycles. The summed E-state index contributed by atoms with van der Waals surface area (Å²) in [6.45, 7) is 0. The predicted octanol–water partition coefficient (Wildman–Crippen LogP) is 6.59. The number of rotatable bonds is 2. The number of hydrogen-bond donors (Lipinski definition) is 1. The third-order valence-electron chi connectivity index (χ3n) is 5.12. The van der Waals surface area contributed by atoms with Crippen molar-refractivity contribution in [2.24, 2.45) is 0 Å². The van der Waals surface area contributed by atoms with E-state index in [1.165, 1.54) is 38.5 Å². The number of benzene rings is 3. The Balaban J connectivity index is 1.83. The van der Waals surface area contributed by atoms with Gasteiger partial charge in [-0.1, -0.05) is 78.9 Å². The van der Waals surface area contributed by atoms with Gasteiger partial charge in [-0.25, -0.2) is 0 Å². The van der Waals surface area contributed by atoms with Crippen LogP contribution in [0.4, 0.5) is 0 Å². The first kappa shape index (κ1) is 14.3. The van der Waals surface area contributed by atoms with Gasteiger partial charge in [-0.3, -0.25) is 0 Å². The minimum Gasteiger partial charge on any atom is -0.354 e. The summed E-state index contributed by atoms with van der Waals surface area (Å²) >= 11 is 0. The topological polar surface area (TPSA) is 15.8 Å². The fraction of sp³-hybridized carbons (Fsp3) is 0.0833. The number of fused-ring (bicyclic) bond motifs is 2. The summed E-state index contributed by atoms with van der Waals surface area (Å²) < 4.78 is 0. The Morgan fingerprint density at radius 2 is 1.56 bits per heavy atom. The van der Waals surface area contributed by atoms with Crippen LogP contribution in [0.5, 0.6) is 0 Å². The highest BCUT2D eigenvalue weighted by Crippen LogP contribution is 2.40. The van der Waals surface area contributed by atoms with Crippen molar-refractivity contribution >= 4 is 21.7 Å². The van der Waals surface area contributed by atoms with Crippen LogP contribution in [0.25, 0.3) is 32.9 Å². The van der Waals surface area contributed by atoms with Gasteiger partial charge < -0.3 is 4.98 Å². The van der Waals surface area contributed by atoms with Crippen molar-refractivity contribution in [2.45, 2.75) is 12.3 Å². The Labute approximate surface area is 147 Å². The van der Waals surface area contributed by atoms with Crippen LogP contribution in [-0.4, -0.2) is 4.98 Å². The average Bonchev–Trinajstić information content (AvgIpc) is 3.06. The van der Waals surface area contributed by atoms with Crippen LogP contribution in [0.1, 0.15) is 17.9 Å². The Hall–Kier alpha value is -3.06. The van der Waals surface area contributed by atoms with Gasteiger partial charge >= 0.3 is 0 Å². The van der Waals surface area contributed by atoms with Crippen LogP contribution in [-0.2, 0) is 0 Å². The summed E-state index contributed by atoms with van der Waals surface area (Å²) in [4.78, 5) is 3.71. The lowest BCUT2D eigenvalue weighted by molar-refractivity contribution is 0.863. The number of hydrogen-bond acceptors (Lipinski definition) is 0. The van der Waals surface area contributed by atoms with E-state index in [4.69, 9.17) is 0 Å². The molecule has 1 aromatic heterocycles. The molecule has 1 unspecified atom stereocenters. The molecule has 1 nitrogen and oxygen atoms in total. The van der Waals surface area contributed by atoms with Crippen molar-refractivity contribution in [3.8, 4) is 11.3 Å². The molecule has 0 amide bonds. The van der Waals surface area contributed by atoms with Crippen molar-refractivity contribution in [1.82, 2.24) is 4.98 Å². The van der Waals surface area contributed by atoms with Crippen LogP contribution in [0, 0.1) is 0 Å². The summed E-state index contributed by atoms with van der Waals surface area (Å²) in [5.74, 6) is 0.412. The van der Waals surface area contributed by atoms with E-state index in [1.807, 2.05) is 0 Å². The fourth-order valence-electron chi connectivity index (χ4n) is 3.92. The number of H-pyrrole nitrogens is 1. The highest BCUT2D eigenvalue weighted by molar-refractivity contribution is 6.01. The van der Waals surface area contributed by atoms with Crippen LogP contribution < -0.4 is 0 Å². The Morgan fingerprint density at radius 1 is 0.800 bits per heavy atom. The van der Waals surface area contributed by atoms with E-state index in [1.54, 1.807) is 0 Å². The lowest BCUT2D eigenvalue weighted by Crippen LogP contribution is -1.97. The third kappa shape index (κ3) is 2.40. The lowest BCUT2D eigenvalue weighted by Gasteiger charge is -2.15. The second-order valence-electron chi connectivity index (χ2n) is 6.68. The zero-order valence-electron chi connectivity index (χ0n) is 13.9. The van der Waals surface area contributed by atoms with E-state index < -0.39 is 0 Å². The predicted molar refractivity (Wildman–Crippen MR) is 107 cm³/mol. The Bertz CT molecular complexity index is 1110. The lowest BCUT2D eigenvalue weighted by atomic mass is 9.88. The summed E-state index contributed by atoms with van der Waals surface area (Å²) in [7, 11) is 0. The monoisotopic (exact) mass is 321 g/mol. The van der Waals surface area contributed by atoms with E-state index in [9.17, 15) is 0 Å². The van der Waals surface area contributed by atoms with Crippen molar-refractivity contribution in [1.29, 1.82) is 0 Å². The third-order valence-corrected chi connectivity index (χ3v) is 5.12. The molecule has 1 heterocycles. The smallest absolute Gasteiger partial charge is 0.0503 e. The van der Waals surface area contributed by atoms with Crippen molar-refractivity contribution in [3.63, 3.8) is 0 Å². The van der Waals surface area contributed by atoms with Gasteiger partial charge in [0.1, 0.15) is 0 Å². The molecule has 0 saturated carbocycles. The zero-order chi connectivity index (χ0) is 16.6. The first-order chi connectivity index (χ1) is 12.4. The molecule has 0 saturated heterocycles. The summed E-state index contributed by atoms with van der Waals surface area (Å²) in [5, 5.41) is 3.91. The van der Waals surface area contributed by atoms with Gasteiger partial charge in [0.05, 0.1) is 5.69 Å². The summed E-state index contributed by atoms with van der Waals surface area (Å²) in [6, 6.07) is 23.9. The number of allylic oxidation sites excluding steroid dienone is 4. The molecule has 120 valence electrons. The standard InChI is InChI=1S/C24H19N/c1-3-9-17(10-4-1)23-21-15-19-13-7-8-14-20(19)16-22(21)25-24(23)18-11-5-2-6-12-18/h1-9,11-17,25H,10H2. The van der Waals surface area contributed by atoms with Crippen LogP contribution in [0.15, 0.2) is 91.0 Å². The molecule has 0 radical (unpaired) electrons. The van der Waals surface area contributed by atoms with E-state index >= 15 is 0 Å². The molecule has 1 aliphatic carbocycles. The number of nitrogens with one attached hydrogen (secondary N) is 1. The first-order valence-corrected chi connectivity index (χ1v) is 8.83. The van der Waals surface area contributed by atoms with Crippen LogP contribution in [0.3, 0.4) is 0 Å². The van der Waals surface area contributed by atoms with Crippen LogP contribution >= 0.6 is 0 Å². The molecular formula is C24H19N. The van der Waals surface area contributed by atoms with Gasteiger partial charge in [0, 0.05) is 16.8 Å². The van der Waals surface area contributed by atoms with E-state index in [0.29, 0.717) is 5.92 Å². The van der Waals surface area contributed by atoms with Crippen molar-refractivity contribution in [3.05, 3.63) is 96.6 Å². The molecule has 1 heteroatoms. The second-order valence-corrected chi connectivity index (χ2v) is 6.68. The number of aromatic nitrogens is 1. The molecule has 1 aliphatic rings. The average molecular weight is 321 g/mol. The van der Waals surface area contributed by atoms with Crippen molar-refractivity contribution in [2.75, 3.05) is 0 Å². The molecule has 1 N–H and O–H groups in total. The summed E-state index contributed by atoms with van der Waals surface area (Å²) in [5.41, 5.74) is 5.12.